The average molecular weight is 292 g/mol. The smallest absolute Gasteiger partial charge is 0.318 e. The second kappa shape index (κ2) is 9.83. The van der Waals surface area contributed by atoms with Gasteiger partial charge >= 0.3 is 6.03 Å². The number of hydrogen-bond donors (Lipinski definition) is 2. The van der Waals surface area contributed by atoms with E-state index >= 15 is 0 Å². The fourth-order valence-electron chi connectivity index (χ4n) is 1.60. The molecule has 0 bridgehead atoms. The number of ether oxygens (including phenoxy) is 2. The van der Waals surface area contributed by atoms with Crippen LogP contribution < -0.4 is 15.4 Å². The Balaban J connectivity index is 2.21. The molecule has 0 saturated heterocycles. The highest BCUT2D eigenvalue weighted by Gasteiger charge is 1.97. The number of carbonyl (C=O) groups excluding carboxylic acids is 1. The molecule has 0 fully saturated rings. The van der Waals surface area contributed by atoms with Crippen LogP contribution >= 0.6 is 0 Å². The number of hydrogen-bond acceptors (Lipinski definition) is 3. The van der Waals surface area contributed by atoms with Crippen LogP contribution in [-0.4, -0.2) is 32.4 Å². The van der Waals surface area contributed by atoms with Gasteiger partial charge in [-0.15, -0.1) is 0 Å². The molecule has 21 heavy (non-hydrogen) atoms. The van der Waals surface area contributed by atoms with Crippen LogP contribution in [0.4, 0.5) is 4.79 Å². The summed E-state index contributed by atoms with van der Waals surface area (Å²) in [5, 5.41) is 5.42. The number of rotatable bonds is 8. The zero-order valence-corrected chi connectivity index (χ0v) is 12.9. The van der Waals surface area contributed by atoms with E-state index in [4.69, 9.17) is 9.47 Å². The van der Waals surface area contributed by atoms with Crippen LogP contribution in [0.1, 0.15) is 25.8 Å². The molecule has 116 valence electrons. The van der Waals surface area contributed by atoms with Crippen LogP contribution in [0.5, 0.6) is 5.75 Å². The maximum Gasteiger partial charge on any atom is 0.318 e. The molecule has 0 unspecified atom stereocenters. The van der Waals surface area contributed by atoms with Crippen LogP contribution in [0, 0.1) is 0 Å². The van der Waals surface area contributed by atoms with Gasteiger partial charge in [0.05, 0.1) is 13.2 Å². The molecule has 0 spiro atoms. The predicted octanol–water partition coefficient (Wildman–Crippen LogP) is 2.78. The minimum absolute atomic E-state index is 0.223. The summed E-state index contributed by atoms with van der Waals surface area (Å²) in [6, 6.07) is 7.37. The first-order valence-corrected chi connectivity index (χ1v) is 7.08. The molecule has 2 N–H and O–H groups in total. The monoisotopic (exact) mass is 292 g/mol. The predicted molar refractivity (Wildman–Crippen MR) is 84.3 cm³/mol. The van der Waals surface area contributed by atoms with Crippen molar-refractivity contribution in [3.05, 3.63) is 36.0 Å². The lowest BCUT2D eigenvalue weighted by atomic mass is 10.2. The molecule has 0 atom stereocenters. The fourth-order valence-corrected chi connectivity index (χ4v) is 1.60. The zero-order chi connectivity index (χ0) is 15.5. The van der Waals surface area contributed by atoms with Crippen molar-refractivity contribution >= 4 is 12.1 Å². The molecular weight excluding hydrogens is 268 g/mol. The van der Waals surface area contributed by atoms with E-state index in [1.165, 1.54) is 0 Å². The molecular formula is C16H24N2O3. The summed E-state index contributed by atoms with van der Waals surface area (Å²) in [5.74, 6) is 0.784. The Labute approximate surface area is 126 Å². The summed E-state index contributed by atoms with van der Waals surface area (Å²) in [6.07, 6.45) is 4.44. The summed E-state index contributed by atoms with van der Waals surface area (Å²) >= 11 is 0. The van der Waals surface area contributed by atoms with Crippen molar-refractivity contribution < 1.29 is 14.3 Å². The van der Waals surface area contributed by atoms with E-state index < -0.39 is 0 Å². The summed E-state index contributed by atoms with van der Waals surface area (Å²) in [4.78, 5) is 11.5. The van der Waals surface area contributed by atoms with Gasteiger partial charge in [-0.05, 0) is 44.0 Å². The van der Waals surface area contributed by atoms with Crippen LogP contribution in [0.3, 0.4) is 0 Å². The third kappa shape index (κ3) is 7.99. The van der Waals surface area contributed by atoms with Gasteiger partial charge < -0.3 is 20.1 Å². The molecule has 0 aliphatic heterocycles. The number of carbonyl (C=O) groups is 1. The lowest BCUT2D eigenvalue weighted by Gasteiger charge is -2.08. The first-order valence-electron chi connectivity index (χ1n) is 7.08. The molecule has 0 aromatic heterocycles. The van der Waals surface area contributed by atoms with E-state index in [-0.39, 0.29) is 12.1 Å². The number of benzene rings is 1. The Morgan fingerprint density at radius 2 is 2.19 bits per heavy atom. The fraction of sp³-hybridized carbons (Fsp3) is 0.438. The highest BCUT2D eigenvalue weighted by atomic mass is 16.5. The van der Waals surface area contributed by atoms with Gasteiger partial charge in [-0.3, -0.25) is 0 Å². The second-order valence-electron chi connectivity index (χ2n) is 4.78. The molecule has 1 rings (SSSR count). The maximum atomic E-state index is 11.5. The minimum atomic E-state index is -0.223. The quantitative estimate of drug-likeness (QED) is 0.724. The number of amides is 2. The molecule has 0 radical (unpaired) electrons. The van der Waals surface area contributed by atoms with Crippen LogP contribution in [-0.2, 0) is 4.74 Å². The van der Waals surface area contributed by atoms with Crippen LogP contribution in [0.25, 0.3) is 6.08 Å². The largest absolute Gasteiger partial charge is 0.497 e. The zero-order valence-electron chi connectivity index (χ0n) is 12.9. The van der Waals surface area contributed by atoms with Gasteiger partial charge in [0, 0.05) is 19.4 Å². The molecule has 0 heterocycles. The molecule has 0 saturated carbocycles. The Morgan fingerprint density at radius 1 is 1.38 bits per heavy atom. The van der Waals surface area contributed by atoms with Crippen molar-refractivity contribution in [1.29, 1.82) is 0 Å². The molecule has 5 nitrogen and oxygen atoms in total. The van der Waals surface area contributed by atoms with Gasteiger partial charge in [0.2, 0.25) is 0 Å². The number of nitrogens with one attached hydrogen (secondary N) is 2. The summed E-state index contributed by atoms with van der Waals surface area (Å²) in [7, 11) is 1.62. The molecule has 1 aromatic rings. The standard InChI is InChI=1S/C16H24N2O3/c1-13(2)21-11-5-9-17-16(19)18-10-8-14-6-4-7-15(12-14)20-3/h4,6-8,10,12-13H,5,9,11H2,1-3H3,(H2,17,18,19)/b10-8+. The normalized spacial score (nSPS) is 10.9. The van der Waals surface area contributed by atoms with Gasteiger partial charge in [0.25, 0.3) is 0 Å². The number of methoxy groups -OCH3 is 1. The maximum absolute atomic E-state index is 11.5. The summed E-state index contributed by atoms with van der Waals surface area (Å²) < 4.78 is 10.5. The summed E-state index contributed by atoms with van der Waals surface area (Å²) in [5.41, 5.74) is 0.958. The Hall–Kier alpha value is -2.01. The van der Waals surface area contributed by atoms with E-state index in [1.54, 1.807) is 13.3 Å². The highest BCUT2D eigenvalue weighted by molar-refractivity contribution is 5.75. The average Bonchev–Trinajstić information content (AvgIpc) is 2.47. The van der Waals surface area contributed by atoms with E-state index in [0.717, 1.165) is 17.7 Å². The minimum Gasteiger partial charge on any atom is -0.497 e. The van der Waals surface area contributed by atoms with E-state index in [1.807, 2.05) is 44.2 Å². The van der Waals surface area contributed by atoms with Gasteiger partial charge in [-0.2, -0.15) is 0 Å². The Bertz CT molecular complexity index is 459. The number of urea groups is 1. The lowest BCUT2D eigenvalue weighted by molar-refractivity contribution is 0.0774. The van der Waals surface area contributed by atoms with Crippen molar-refractivity contribution in [1.82, 2.24) is 10.6 Å². The highest BCUT2D eigenvalue weighted by Crippen LogP contribution is 2.13. The van der Waals surface area contributed by atoms with Crippen LogP contribution in [0.2, 0.25) is 0 Å². The Morgan fingerprint density at radius 3 is 2.90 bits per heavy atom. The van der Waals surface area contributed by atoms with E-state index in [0.29, 0.717) is 13.2 Å². The molecule has 0 aliphatic carbocycles. The molecule has 2 amide bonds. The lowest BCUT2D eigenvalue weighted by Crippen LogP contribution is -2.33. The topological polar surface area (TPSA) is 59.6 Å². The van der Waals surface area contributed by atoms with Crippen molar-refractivity contribution in [3.63, 3.8) is 0 Å². The van der Waals surface area contributed by atoms with Crippen molar-refractivity contribution in [2.75, 3.05) is 20.3 Å². The van der Waals surface area contributed by atoms with Gasteiger partial charge in [-0.1, -0.05) is 12.1 Å². The van der Waals surface area contributed by atoms with Gasteiger partial charge in [-0.25, -0.2) is 4.79 Å². The van der Waals surface area contributed by atoms with Crippen molar-refractivity contribution in [2.45, 2.75) is 26.4 Å². The van der Waals surface area contributed by atoms with Crippen molar-refractivity contribution in [2.24, 2.45) is 0 Å². The second-order valence-corrected chi connectivity index (χ2v) is 4.78. The van der Waals surface area contributed by atoms with Gasteiger partial charge in [0.1, 0.15) is 5.75 Å². The van der Waals surface area contributed by atoms with Gasteiger partial charge in [0.15, 0.2) is 0 Å². The molecule has 0 aliphatic rings. The first-order chi connectivity index (χ1) is 10.1. The third-order valence-electron chi connectivity index (χ3n) is 2.64. The molecule has 1 aromatic carbocycles. The Kier molecular flexibility index (Phi) is 7.97. The third-order valence-corrected chi connectivity index (χ3v) is 2.64. The summed E-state index contributed by atoms with van der Waals surface area (Å²) in [6.45, 7) is 5.22. The van der Waals surface area contributed by atoms with Crippen molar-refractivity contribution in [3.8, 4) is 5.75 Å². The van der Waals surface area contributed by atoms with E-state index in [2.05, 4.69) is 10.6 Å². The SMILES string of the molecule is COc1cccc(/C=C/NC(=O)NCCCOC(C)C)c1. The molecule has 5 heteroatoms. The first kappa shape index (κ1) is 17.0. The van der Waals surface area contributed by atoms with E-state index in [9.17, 15) is 4.79 Å². The van der Waals surface area contributed by atoms with Crippen LogP contribution in [0.15, 0.2) is 30.5 Å².